The molecule has 0 aliphatic heterocycles. The van der Waals surface area contributed by atoms with Crippen LogP contribution in [0.15, 0.2) is 24.5 Å². The molecule has 1 saturated carbocycles. The van der Waals surface area contributed by atoms with E-state index in [1.54, 1.807) is 6.33 Å². The number of hydrogen-bond acceptors (Lipinski definition) is 3. The zero-order chi connectivity index (χ0) is 15.7. The predicted molar refractivity (Wildman–Crippen MR) is 75.0 cm³/mol. The molecule has 0 spiro atoms. The number of rotatable bonds is 5. The standard InChI is InChI=1S/C15H16F2N4O/c1-9-20-19-8-21(9)6-5-18-15(22)11-7-10(11)14-12(16)3-2-4-13(14)17/h2-4,8,10-11H,5-7H2,1H3,(H,18,22). The molecule has 116 valence electrons. The number of nitrogens with one attached hydrogen (secondary N) is 1. The Morgan fingerprint density at radius 1 is 1.41 bits per heavy atom. The lowest BCUT2D eigenvalue weighted by Crippen LogP contribution is -2.29. The van der Waals surface area contributed by atoms with Crippen molar-refractivity contribution in [1.82, 2.24) is 20.1 Å². The Labute approximate surface area is 126 Å². The van der Waals surface area contributed by atoms with Crippen molar-refractivity contribution < 1.29 is 13.6 Å². The zero-order valence-corrected chi connectivity index (χ0v) is 12.1. The van der Waals surface area contributed by atoms with Crippen LogP contribution in [0.3, 0.4) is 0 Å². The van der Waals surface area contributed by atoms with E-state index in [2.05, 4.69) is 15.5 Å². The second kappa shape index (κ2) is 5.82. The van der Waals surface area contributed by atoms with Gasteiger partial charge in [-0.3, -0.25) is 4.79 Å². The Hall–Kier alpha value is -2.31. The van der Waals surface area contributed by atoms with Crippen LogP contribution in [0, 0.1) is 24.5 Å². The van der Waals surface area contributed by atoms with Crippen molar-refractivity contribution in [2.75, 3.05) is 6.54 Å². The molecular formula is C15H16F2N4O. The third-order valence-electron chi connectivity index (χ3n) is 3.96. The average Bonchev–Trinajstić information content (AvgIpc) is 3.15. The smallest absolute Gasteiger partial charge is 0.223 e. The molecular weight excluding hydrogens is 290 g/mol. The van der Waals surface area contributed by atoms with E-state index < -0.39 is 11.6 Å². The van der Waals surface area contributed by atoms with Gasteiger partial charge in [-0.1, -0.05) is 6.07 Å². The molecule has 1 fully saturated rings. The van der Waals surface area contributed by atoms with Gasteiger partial charge in [0.2, 0.25) is 5.91 Å². The van der Waals surface area contributed by atoms with Crippen LogP contribution in [-0.2, 0) is 11.3 Å². The summed E-state index contributed by atoms with van der Waals surface area (Å²) in [6, 6.07) is 3.77. The average molecular weight is 306 g/mol. The van der Waals surface area contributed by atoms with E-state index in [-0.39, 0.29) is 23.3 Å². The van der Waals surface area contributed by atoms with Crippen molar-refractivity contribution >= 4 is 5.91 Å². The van der Waals surface area contributed by atoms with Gasteiger partial charge in [0.15, 0.2) is 0 Å². The minimum atomic E-state index is -0.583. The second-order valence-corrected chi connectivity index (χ2v) is 5.45. The SMILES string of the molecule is Cc1nncn1CCNC(=O)C1CC1c1c(F)cccc1F. The van der Waals surface area contributed by atoms with E-state index in [1.165, 1.54) is 18.2 Å². The van der Waals surface area contributed by atoms with Gasteiger partial charge in [-0.05, 0) is 25.5 Å². The number of carbonyl (C=O) groups is 1. The first-order valence-corrected chi connectivity index (χ1v) is 7.14. The zero-order valence-electron chi connectivity index (χ0n) is 12.1. The summed E-state index contributed by atoms with van der Waals surface area (Å²) in [6.45, 7) is 2.82. The highest BCUT2D eigenvalue weighted by atomic mass is 19.1. The first-order valence-electron chi connectivity index (χ1n) is 7.14. The van der Waals surface area contributed by atoms with Crippen molar-refractivity contribution in [2.45, 2.75) is 25.8 Å². The Kier molecular flexibility index (Phi) is 3.87. The molecule has 2 aromatic rings. The Bertz CT molecular complexity index is 680. The summed E-state index contributed by atoms with van der Waals surface area (Å²) in [5.41, 5.74) is 0.0253. The Morgan fingerprint density at radius 3 is 2.77 bits per heavy atom. The van der Waals surface area contributed by atoms with Gasteiger partial charge in [-0.2, -0.15) is 0 Å². The number of aryl methyl sites for hydroxylation is 1. The van der Waals surface area contributed by atoms with Crippen LogP contribution in [0.25, 0.3) is 0 Å². The van der Waals surface area contributed by atoms with E-state index in [4.69, 9.17) is 0 Å². The summed E-state index contributed by atoms with van der Waals surface area (Å²) in [5, 5.41) is 10.4. The van der Waals surface area contributed by atoms with Crippen molar-refractivity contribution in [3.05, 3.63) is 47.5 Å². The fraction of sp³-hybridized carbons (Fsp3) is 0.400. The molecule has 1 aliphatic rings. The van der Waals surface area contributed by atoms with E-state index in [9.17, 15) is 13.6 Å². The number of benzene rings is 1. The lowest BCUT2D eigenvalue weighted by Gasteiger charge is -2.07. The van der Waals surface area contributed by atoms with E-state index in [0.717, 1.165) is 5.82 Å². The van der Waals surface area contributed by atoms with Gasteiger partial charge in [0.25, 0.3) is 0 Å². The Morgan fingerprint density at radius 2 is 2.14 bits per heavy atom. The third-order valence-corrected chi connectivity index (χ3v) is 3.96. The minimum absolute atomic E-state index is 0.0253. The number of halogens is 2. The third kappa shape index (κ3) is 2.84. The summed E-state index contributed by atoms with van der Waals surface area (Å²) in [4.78, 5) is 12.0. The maximum atomic E-state index is 13.7. The quantitative estimate of drug-likeness (QED) is 0.916. The second-order valence-electron chi connectivity index (χ2n) is 5.45. The molecule has 3 rings (SSSR count). The van der Waals surface area contributed by atoms with Gasteiger partial charge in [0.1, 0.15) is 23.8 Å². The van der Waals surface area contributed by atoms with Crippen molar-refractivity contribution in [3.8, 4) is 0 Å². The molecule has 2 atom stereocenters. The summed E-state index contributed by atoms with van der Waals surface area (Å²) >= 11 is 0. The molecule has 1 amide bonds. The molecule has 5 nitrogen and oxygen atoms in total. The maximum Gasteiger partial charge on any atom is 0.223 e. The fourth-order valence-electron chi connectivity index (χ4n) is 2.63. The molecule has 1 aliphatic carbocycles. The van der Waals surface area contributed by atoms with Crippen LogP contribution >= 0.6 is 0 Å². The molecule has 0 bridgehead atoms. The van der Waals surface area contributed by atoms with Crippen molar-refractivity contribution in [3.63, 3.8) is 0 Å². The van der Waals surface area contributed by atoms with Gasteiger partial charge in [-0.25, -0.2) is 8.78 Å². The molecule has 1 N–H and O–H groups in total. The van der Waals surface area contributed by atoms with Gasteiger partial charge >= 0.3 is 0 Å². The van der Waals surface area contributed by atoms with E-state index >= 15 is 0 Å². The van der Waals surface area contributed by atoms with Crippen LogP contribution in [0.5, 0.6) is 0 Å². The molecule has 0 saturated heterocycles. The molecule has 1 heterocycles. The largest absolute Gasteiger partial charge is 0.354 e. The molecule has 7 heteroatoms. The highest BCUT2D eigenvalue weighted by molar-refractivity contribution is 5.82. The van der Waals surface area contributed by atoms with Crippen molar-refractivity contribution in [1.29, 1.82) is 0 Å². The number of amides is 1. The van der Waals surface area contributed by atoms with Gasteiger partial charge < -0.3 is 9.88 Å². The lowest BCUT2D eigenvalue weighted by atomic mass is 10.1. The summed E-state index contributed by atoms with van der Waals surface area (Å²) in [6.07, 6.45) is 2.07. The number of carbonyl (C=O) groups excluding carboxylic acids is 1. The van der Waals surface area contributed by atoms with Crippen LogP contribution in [0.4, 0.5) is 8.78 Å². The topological polar surface area (TPSA) is 59.8 Å². The highest BCUT2D eigenvalue weighted by Gasteiger charge is 2.46. The molecule has 1 aromatic carbocycles. The first kappa shape index (κ1) is 14.6. The van der Waals surface area contributed by atoms with Gasteiger partial charge in [0.05, 0.1) is 0 Å². The summed E-state index contributed by atoms with van der Waals surface area (Å²) < 4.78 is 29.2. The van der Waals surface area contributed by atoms with Crippen LogP contribution in [0.2, 0.25) is 0 Å². The Balaban J connectivity index is 1.54. The monoisotopic (exact) mass is 306 g/mol. The predicted octanol–water partition coefficient (Wildman–Crippen LogP) is 1.78. The van der Waals surface area contributed by atoms with Crippen molar-refractivity contribution in [2.24, 2.45) is 5.92 Å². The highest BCUT2D eigenvalue weighted by Crippen LogP contribution is 2.49. The maximum absolute atomic E-state index is 13.7. The van der Waals surface area contributed by atoms with E-state index in [1.807, 2.05) is 11.5 Å². The number of nitrogens with zero attached hydrogens (tertiary/aromatic N) is 3. The summed E-state index contributed by atoms with van der Waals surface area (Å²) in [7, 11) is 0. The van der Waals surface area contributed by atoms with Crippen LogP contribution in [-0.4, -0.2) is 27.2 Å². The van der Waals surface area contributed by atoms with Gasteiger partial charge in [0, 0.05) is 30.5 Å². The number of hydrogen-bond donors (Lipinski definition) is 1. The molecule has 22 heavy (non-hydrogen) atoms. The lowest BCUT2D eigenvalue weighted by molar-refractivity contribution is -0.122. The molecule has 2 unspecified atom stereocenters. The first-order chi connectivity index (χ1) is 10.6. The molecule has 0 radical (unpaired) electrons. The van der Waals surface area contributed by atoms with Crippen LogP contribution < -0.4 is 5.32 Å². The summed E-state index contributed by atoms with van der Waals surface area (Å²) in [5.74, 6) is -1.28. The van der Waals surface area contributed by atoms with E-state index in [0.29, 0.717) is 19.5 Å². The van der Waals surface area contributed by atoms with Gasteiger partial charge in [-0.15, -0.1) is 10.2 Å². The number of aromatic nitrogens is 3. The molecule has 1 aromatic heterocycles. The normalized spacial score (nSPS) is 20.0. The minimum Gasteiger partial charge on any atom is -0.354 e. The van der Waals surface area contributed by atoms with Crippen LogP contribution in [0.1, 0.15) is 23.7 Å². The fourth-order valence-corrected chi connectivity index (χ4v) is 2.63.